The molecule has 10 heteroatoms. The molecule has 1 aromatic carbocycles. The number of aryl methyl sites for hydroxylation is 2. The molecule has 0 spiro atoms. The molecule has 0 aliphatic rings. The van der Waals surface area contributed by atoms with E-state index in [-0.39, 0.29) is 10.8 Å². The predicted octanol–water partition coefficient (Wildman–Crippen LogP) is 3.44. The number of aromatic amines is 1. The maximum atomic E-state index is 12.6. The maximum Gasteiger partial charge on any atom is 0.259 e. The van der Waals surface area contributed by atoms with Crippen LogP contribution in [0.3, 0.4) is 0 Å². The normalized spacial score (nSPS) is 12.4. The number of hydrogen-bond donors (Lipinski definition) is 1. The van der Waals surface area contributed by atoms with E-state index < -0.39 is 0 Å². The Morgan fingerprint density at radius 2 is 2.07 bits per heavy atom. The van der Waals surface area contributed by atoms with Gasteiger partial charge in [-0.2, -0.15) is 4.68 Å². The van der Waals surface area contributed by atoms with Crippen LogP contribution in [0.2, 0.25) is 0 Å². The molecule has 3 heterocycles. The van der Waals surface area contributed by atoms with E-state index in [1.807, 2.05) is 45.0 Å². The minimum Gasteiger partial charge on any atom is -0.494 e. The van der Waals surface area contributed by atoms with Gasteiger partial charge in [-0.25, -0.2) is 4.98 Å². The number of methoxy groups -OCH3 is 1. The Kier molecular flexibility index (Phi) is 4.90. The molecule has 0 amide bonds. The second-order valence-corrected chi connectivity index (χ2v) is 8.73. The molecule has 0 aliphatic heterocycles. The lowest BCUT2D eigenvalue weighted by molar-refractivity contribution is 0.410. The zero-order valence-corrected chi connectivity index (χ0v) is 17.4. The van der Waals surface area contributed by atoms with E-state index >= 15 is 0 Å². The standard InChI is InChI=1S/C18H18N6O2S2/c1-9-10(2)27-17-14(9)16(25)19-15(20-17)11(3)28-18-21-22-23-24(18)12-7-5-6-8-13(12)26-4/h5-8,11H,1-4H3,(H,19,20,25). The zero-order chi connectivity index (χ0) is 19.8. The highest BCUT2D eigenvalue weighted by Crippen LogP contribution is 2.35. The van der Waals surface area contributed by atoms with Crippen LogP contribution in [0.25, 0.3) is 15.9 Å². The van der Waals surface area contributed by atoms with Gasteiger partial charge in [0.25, 0.3) is 5.56 Å². The van der Waals surface area contributed by atoms with Crippen molar-refractivity contribution in [2.45, 2.75) is 31.2 Å². The number of H-pyrrole nitrogens is 1. The number of hydrogen-bond acceptors (Lipinski definition) is 8. The lowest BCUT2D eigenvalue weighted by Crippen LogP contribution is -2.13. The molecule has 0 saturated heterocycles. The van der Waals surface area contributed by atoms with Gasteiger partial charge >= 0.3 is 0 Å². The smallest absolute Gasteiger partial charge is 0.259 e. The zero-order valence-electron chi connectivity index (χ0n) is 15.8. The Bertz CT molecular complexity index is 1210. The maximum absolute atomic E-state index is 12.6. The second kappa shape index (κ2) is 7.36. The van der Waals surface area contributed by atoms with Gasteiger partial charge in [-0.05, 0) is 48.9 Å². The fourth-order valence-electron chi connectivity index (χ4n) is 2.89. The number of fused-ring (bicyclic) bond motifs is 1. The van der Waals surface area contributed by atoms with Gasteiger partial charge in [0.1, 0.15) is 22.1 Å². The van der Waals surface area contributed by atoms with Crippen molar-refractivity contribution in [2.75, 3.05) is 7.11 Å². The highest BCUT2D eigenvalue weighted by atomic mass is 32.2. The van der Waals surface area contributed by atoms with Gasteiger partial charge in [-0.15, -0.1) is 16.4 Å². The molecule has 0 radical (unpaired) electrons. The van der Waals surface area contributed by atoms with E-state index in [0.717, 1.165) is 21.0 Å². The molecule has 0 bridgehead atoms. The Balaban J connectivity index is 1.69. The molecular weight excluding hydrogens is 396 g/mol. The molecule has 1 N–H and O–H groups in total. The van der Waals surface area contributed by atoms with E-state index in [1.165, 1.54) is 23.1 Å². The highest BCUT2D eigenvalue weighted by Gasteiger charge is 2.20. The Morgan fingerprint density at radius 1 is 1.29 bits per heavy atom. The highest BCUT2D eigenvalue weighted by molar-refractivity contribution is 7.99. The summed E-state index contributed by atoms with van der Waals surface area (Å²) in [6.45, 7) is 5.91. The van der Waals surface area contributed by atoms with Crippen molar-refractivity contribution < 1.29 is 4.74 Å². The van der Waals surface area contributed by atoms with Gasteiger partial charge in [0.2, 0.25) is 5.16 Å². The van der Waals surface area contributed by atoms with Crippen molar-refractivity contribution in [3.8, 4) is 11.4 Å². The summed E-state index contributed by atoms with van der Waals surface area (Å²) < 4.78 is 7.03. The Hall–Kier alpha value is -2.72. The monoisotopic (exact) mass is 414 g/mol. The van der Waals surface area contributed by atoms with Gasteiger partial charge in [-0.3, -0.25) is 4.79 Å². The van der Waals surface area contributed by atoms with Gasteiger partial charge < -0.3 is 9.72 Å². The SMILES string of the molecule is COc1ccccc1-n1nnnc1SC(C)c1nc2sc(C)c(C)c2c(=O)[nH]1. The van der Waals surface area contributed by atoms with Crippen LogP contribution in [0.15, 0.2) is 34.2 Å². The first-order valence-corrected chi connectivity index (χ1v) is 10.3. The molecule has 1 atom stereocenters. The summed E-state index contributed by atoms with van der Waals surface area (Å²) in [6.07, 6.45) is 0. The molecule has 4 rings (SSSR count). The number of aromatic nitrogens is 6. The molecule has 144 valence electrons. The predicted molar refractivity (Wildman–Crippen MR) is 110 cm³/mol. The summed E-state index contributed by atoms with van der Waals surface area (Å²) in [5.74, 6) is 1.26. The minimum absolute atomic E-state index is 0.112. The van der Waals surface area contributed by atoms with Crippen LogP contribution in [-0.2, 0) is 0 Å². The van der Waals surface area contributed by atoms with Crippen molar-refractivity contribution >= 4 is 33.3 Å². The van der Waals surface area contributed by atoms with Crippen LogP contribution in [-0.4, -0.2) is 37.3 Å². The number of nitrogens with zero attached hydrogens (tertiary/aromatic N) is 5. The van der Waals surface area contributed by atoms with E-state index in [1.54, 1.807) is 11.8 Å². The van der Waals surface area contributed by atoms with Gasteiger partial charge in [0, 0.05) is 4.88 Å². The van der Waals surface area contributed by atoms with Crippen molar-refractivity contribution in [3.63, 3.8) is 0 Å². The van der Waals surface area contributed by atoms with Crippen LogP contribution >= 0.6 is 23.1 Å². The molecule has 1 unspecified atom stereocenters. The average Bonchev–Trinajstić information content (AvgIpc) is 3.26. The van der Waals surface area contributed by atoms with Crippen LogP contribution in [0.4, 0.5) is 0 Å². The van der Waals surface area contributed by atoms with Crippen LogP contribution < -0.4 is 10.3 Å². The van der Waals surface area contributed by atoms with Crippen molar-refractivity contribution in [1.82, 2.24) is 30.2 Å². The van der Waals surface area contributed by atoms with Gasteiger partial charge in [0.15, 0.2) is 0 Å². The number of benzene rings is 1. The number of nitrogens with one attached hydrogen (secondary N) is 1. The largest absolute Gasteiger partial charge is 0.494 e. The van der Waals surface area contributed by atoms with Gasteiger partial charge in [0.05, 0.1) is 17.7 Å². The summed E-state index contributed by atoms with van der Waals surface area (Å²) in [5, 5.41) is 13.1. The quantitative estimate of drug-likeness (QED) is 0.500. The van der Waals surface area contributed by atoms with Crippen LogP contribution in [0, 0.1) is 13.8 Å². The van der Waals surface area contributed by atoms with E-state index in [0.29, 0.717) is 22.1 Å². The summed E-state index contributed by atoms with van der Waals surface area (Å²) in [6, 6.07) is 7.51. The third kappa shape index (κ3) is 3.18. The molecule has 4 aromatic rings. The lowest BCUT2D eigenvalue weighted by atomic mass is 10.2. The molecule has 0 aliphatic carbocycles. The number of rotatable bonds is 5. The minimum atomic E-state index is -0.153. The molecular formula is C18H18N6O2S2. The first kappa shape index (κ1) is 18.6. The first-order valence-electron chi connectivity index (χ1n) is 8.58. The number of ether oxygens (including phenoxy) is 1. The summed E-state index contributed by atoms with van der Waals surface area (Å²) in [4.78, 5) is 22.0. The number of tetrazole rings is 1. The van der Waals surface area contributed by atoms with Crippen molar-refractivity contribution in [1.29, 1.82) is 0 Å². The van der Waals surface area contributed by atoms with Crippen molar-refractivity contribution in [2.24, 2.45) is 0 Å². The van der Waals surface area contributed by atoms with E-state index in [2.05, 4.69) is 25.5 Å². The second-order valence-electron chi connectivity index (χ2n) is 6.22. The number of thiophene rings is 1. The lowest BCUT2D eigenvalue weighted by Gasteiger charge is -2.12. The fourth-order valence-corrected chi connectivity index (χ4v) is 4.78. The summed E-state index contributed by atoms with van der Waals surface area (Å²) in [7, 11) is 1.60. The van der Waals surface area contributed by atoms with Crippen LogP contribution in [0.5, 0.6) is 5.75 Å². The molecule has 8 nitrogen and oxygen atoms in total. The third-order valence-corrected chi connectivity index (χ3v) is 6.62. The van der Waals surface area contributed by atoms with Crippen LogP contribution in [0.1, 0.15) is 28.4 Å². The summed E-state index contributed by atoms with van der Waals surface area (Å²) in [5.41, 5.74) is 1.62. The third-order valence-electron chi connectivity index (χ3n) is 4.48. The van der Waals surface area contributed by atoms with Gasteiger partial charge in [-0.1, -0.05) is 23.9 Å². The van der Waals surface area contributed by atoms with E-state index in [9.17, 15) is 4.79 Å². The Morgan fingerprint density at radius 3 is 2.86 bits per heavy atom. The number of para-hydroxylation sites is 2. The number of thioether (sulfide) groups is 1. The fraction of sp³-hybridized carbons (Fsp3) is 0.278. The molecule has 0 fully saturated rings. The first-order chi connectivity index (χ1) is 13.5. The summed E-state index contributed by atoms with van der Waals surface area (Å²) >= 11 is 2.95. The molecule has 3 aromatic heterocycles. The van der Waals surface area contributed by atoms with E-state index in [4.69, 9.17) is 4.74 Å². The van der Waals surface area contributed by atoms with Crippen molar-refractivity contribution in [3.05, 3.63) is 50.9 Å². The topological polar surface area (TPSA) is 98.6 Å². The molecule has 28 heavy (non-hydrogen) atoms. The average molecular weight is 415 g/mol. The molecule has 0 saturated carbocycles. The Labute approximate surface area is 169 Å².